The number of hydrogen-bond donors (Lipinski definition) is 2. The van der Waals surface area contributed by atoms with Gasteiger partial charge in [-0.2, -0.15) is 0 Å². The molecule has 2 nitrogen and oxygen atoms in total. The molecule has 3 N–H and O–H groups in total. The third-order valence-corrected chi connectivity index (χ3v) is 3.33. The predicted octanol–water partition coefficient (Wildman–Crippen LogP) is 2.37. The van der Waals surface area contributed by atoms with E-state index in [1.165, 1.54) is 12.1 Å². The van der Waals surface area contributed by atoms with Crippen molar-refractivity contribution < 1.29 is 9.50 Å². The van der Waals surface area contributed by atoms with Crippen LogP contribution in [-0.2, 0) is 6.42 Å². The highest BCUT2D eigenvalue weighted by atomic mass is 35.5. The van der Waals surface area contributed by atoms with Crippen LogP contribution in [0, 0.1) is 11.7 Å². The molecule has 0 heterocycles. The van der Waals surface area contributed by atoms with Crippen LogP contribution in [0.2, 0.25) is 5.02 Å². The molecule has 90 valence electrons. The van der Waals surface area contributed by atoms with E-state index < -0.39 is 11.4 Å². The van der Waals surface area contributed by atoms with Crippen molar-refractivity contribution in [3.63, 3.8) is 0 Å². The summed E-state index contributed by atoms with van der Waals surface area (Å²) < 4.78 is 13.5. The van der Waals surface area contributed by atoms with Crippen LogP contribution in [0.5, 0.6) is 0 Å². The third-order valence-electron chi connectivity index (χ3n) is 2.97. The zero-order chi connectivity index (χ0) is 12.3. The number of aliphatic hydroxyl groups is 1. The molecule has 1 aromatic carbocycles. The molecule has 0 spiro atoms. The van der Waals surface area contributed by atoms with E-state index in [2.05, 4.69) is 0 Å². The Morgan fingerprint density at radius 3 is 2.56 bits per heavy atom. The van der Waals surface area contributed by atoms with Gasteiger partial charge < -0.3 is 10.8 Å². The number of rotatable bonds is 4. The van der Waals surface area contributed by atoms with E-state index in [0.717, 1.165) is 0 Å². The number of nitrogens with two attached hydrogens (primary N) is 1. The van der Waals surface area contributed by atoms with E-state index in [4.69, 9.17) is 17.3 Å². The summed E-state index contributed by atoms with van der Waals surface area (Å²) in [4.78, 5) is 0. The predicted molar refractivity (Wildman–Crippen MR) is 64.0 cm³/mol. The van der Waals surface area contributed by atoms with Gasteiger partial charge in [-0.15, -0.1) is 0 Å². The van der Waals surface area contributed by atoms with Crippen LogP contribution in [0.1, 0.15) is 19.4 Å². The van der Waals surface area contributed by atoms with Gasteiger partial charge in [0, 0.05) is 23.6 Å². The Balaban J connectivity index is 3.03. The fraction of sp³-hybridized carbons (Fsp3) is 0.500. The Bertz CT molecular complexity index is 350. The summed E-state index contributed by atoms with van der Waals surface area (Å²) in [6.07, 6.45) is 0.132. The monoisotopic (exact) mass is 245 g/mol. The summed E-state index contributed by atoms with van der Waals surface area (Å²) >= 11 is 5.91. The Kier molecular flexibility index (Phi) is 4.30. The molecule has 4 heteroatoms. The second-order valence-electron chi connectivity index (χ2n) is 4.34. The van der Waals surface area contributed by atoms with E-state index in [9.17, 15) is 9.50 Å². The molecule has 0 saturated heterocycles. The molecular weight excluding hydrogens is 229 g/mol. The van der Waals surface area contributed by atoms with Crippen molar-refractivity contribution in [1.29, 1.82) is 0 Å². The maximum atomic E-state index is 13.5. The highest BCUT2D eigenvalue weighted by molar-refractivity contribution is 6.31. The maximum absolute atomic E-state index is 13.5. The van der Waals surface area contributed by atoms with Crippen molar-refractivity contribution in [2.75, 3.05) is 6.54 Å². The molecule has 0 radical (unpaired) electrons. The maximum Gasteiger partial charge on any atom is 0.127 e. The summed E-state index contributed by atoms with van der Waals surface area (Å²) in [6.45, 7) is 3.78. The standard InChI is InChI=1S/C12H17ClFNO/c1-8(2)12(16,7-15)6-9-10(13)4-3-5-11(9)14/h3-5,8,16H,6-7,15H2,1-2H3. The first kappa shape index (κ1) is 13.4. The first-order valence-corrected chi connectivity index (χ1v) is 5.64. The second-order valence-corrected chi connectivity index (χ2v) is 4.75. The molecule has 16 heavy (non-hydrogen) atoms. The largest absolute Gasteiger partial charge is 0.388 e. The Hall–Kier alpha value is -0.640. The fourth-order valence-electron chi connectivity index (χ4n) is 1.52. The van der Waals surface area contributed by atoms with Gasteiger partial charge in [-0.05, 0) is 18.1 Å². The lowest BCUT2D eigenvalue weighted by atomic mass is 9.84. The van der Waals surface area contributed by atoms with Crippen LogP contribution in [0.4, 0.5) is 4.39 Å². The van der Waals surface area contributed by atoms with Gasteiger partial charge in [0.2, 0.25) is 0 Å². The number of benzene rings is 1. The minimum Gasteiger partial charge on any atom is -0.388 e. The van der Waals surface area contributed by atoms with Gasteiger partial charge in [-0.1, -0.05) is 31.5 Å². The van der Waals surface area contributed by atoms with E-state index in [1.807, 2.05) is 13.8 Å². The van der Waals surface area contributed by atoms with Crippen molar-refractivity contribution in [2.45, 2.75) is 25.9 Å². The zero-order valence-electron chi connectivity index (χ0n) is 9.50. The smallest absolute Gasteiger partial charge is 0.127 e. The first-order valence-electron chi connectivity index (χ1n) is 5.26. The molecule has 1 unspecified atom stereocenters. The lowest BCUT2D eigenvalue weighted by molar-refractivity contribution is 0.00339. The van der Waals surface area contributed by atoms with E-state index in [1.54, 1.807) is 6.07 Å². The van der Waals surface area contributed by atoms with Gasteiger partial charge >= 0.3 is 0 Å². The van der Waals surface area contributed by atoms with Crippen molar-refractivity contribution >= 4 is 11.6 Å². The van der Waals surface area contributed by atoms with Crippen molar-refractivity contribution in [1.82, 2.24) is 0 Å². The molecule has 1 aromatic rings. The van der Waals surface area contributed by atoms with Gasteiger partial charge in [0.25, 0.3) is 0 Å². The van der Waals surface area contributed by atoms with E-state index in [-0.39, 0.29) is 18.9 Å². The molecule has 0 aliphatic heterocycles. The van der Waals surface area contributed by atoms with Gasteiger partial charge in [-0.3, -0.25) is 0 Å². The van der Waals surface area contributed by atoms with Crippen LogP contribution in [0.25, 0.3) is 0 Å². The number of halogens is 2. The Morgan fingerprint density at radius 1 is 1.50 bits per heavy atom. The molecule has 1 atom stereocenters. The lowest BCUT2D eigenvalue weighted by Crippen LogP contribution is -2.45. The highest BCUT2D eigenvalue weighted by Gasteiger charge is 2.31. The summed E-state index contributed by atoms with van der Waals surface area (Å²) in [7, 11) is 0. The summed E-state index contributed by atoms with van der Waals surface area (Å²) in [5.41, 5.74) is 4.75. The minimum absolute atomic E-state index is 0.0619. The SMILES string of the molecule is CC(C)C(O)(CN)Cc1c(F)cccc1Cl. The molecule has 0 saturated carbocycles. The van der Waals surface area contributed by atoms with Gasteiger partial charge in [0.05, 0.1) is 5.60 Å². The van der Waals surface area contributed by atoms with Crippen molar-refractivity contribution in [2.24, 2.45) is 11.7 Å². The van der Waals surface area contributed by atoms with Gasteiger partial charge in [-0.25, -0.2) is 4.39 Å². The summed E-state index contributed by atoms with van der Waals surface area (Å²) in [5.74, 6) is -0.465. The average Bonchev–Trinajstić information content (AvgIpc) is 2.23. The van der Waals surface area contributed by atoms with E-state index >= 15 is 0 Å². The second kappa shape index (κ2) is 5.13. The summed E-state index contributed by atoms with van der Waals surface area (Å²) in [6, 6.07) is 4.48. The van der Waals surface area contributed by atoms with Crippen LogP contribution < -0.4 is 5.73 Å². The molecule has 1 rings (SSSR count). The van der Waals surface area contributed by atoms with Crippen molar-refractivity contribution in [3.05, 3.63) is 34.6 Å². The average molecular weight is 246 g/mol. The highest BCUT2D eigenvalue weighted by Crippen LogP contribution is 2.27. The number of hydrogen-bond acceptors (Lipinski definition) is 2. The molecule has 0 aliphatic rings. The molecule has 0 aromatic heterocycles. The van der Waals surface area contributed by atoms with E-state index in [0.29, 0.717) is 10.6 Å². The molecule has 0 bridgehead atoms. The van der Waals surface area contributed by atoms with Crippen LogP contribution >= 0.6 is 11.6 Å². The molecule has 0 aliphatic carbocycles. The third kappa shape index (κ3) is 2.73. The van der Waals surface area contributed by atoms with Crippen molar-refractivity contribution in [3.8, 4) is 0 Å². The topological polar surface area (TPSA) is 46.2 Å². The Morgan fingerprint density at radius 2 is 2.12 bits per heavy atom. The first-order chi connectivity index (χ1) is 7.40. The molecule has 0 fully saturated rings. The van der Waals surface area contributed by atoms with Gasteiger partial charge in [0.1, 0.15) is 5.82 Å². The molecule has 0 amide bonds. The minimum atomic E-state index is -1.12. The zero-order valence-corrected chi connectivity index (χ0v) is 10.3. The van der Waals surface area contributed by atoms with Gasteiger partial charge in [0.15, 0.2) is 0 Å². The normalized spacial score (nSPS) is 15.2. The van der Waals surface area contributed by atoms with Crippen LogP contribution in [-0.4, -0.2) is 17.3 Å². The quantitative estimate of drug-likeness (QED) is 0.856. The summed E-state index contributed by atoms with van der Waals surface area (Å²) in [5, 5.41) is 10.6. The lowest BCUT2D eigenvalue weighted by Gasteiger charge is -2.31. The van der Waals surface area contributed by atoms with Crippen LogP contribution in [0.15, 0.2) is 18.2 Å². The fourth-order valence-corrected chi connectivity index (χ4v) is 1.75. The van der Waals surface area contributed by atoms with Crippen LogP contribution in [0.3, 0.4) is 0 Å². The Labute approximate surface area is 100 Å². The molecular formula is C12H17ClFNO.